The van der Waals surface area contributed by atoms with Crippen molar-refractivity contribution in [1.29, 1.82) is 0 Å². The van der Waals surface area contributed by atoms with E-state index in [9.17, 15) is 0 Å². The summed E-state index contributed by atoms with van der Waals surface area (Å²) in [5.74, 6) is 0. The highest BCUT2D eigenvalue weighted by Gasteiger charge is 2.17. The van der Waals surface area contributed by atoms with Gasteiger partial charge < -0.3 is 10.4 Å². The van der Waals surface area contributed by atoms with Crippen LogP contribution in [0.25, 0.3) is 0 Å². The number of unbranched alkanes of at least 4 members (excludes halogenated alkanes) is 1. The van der Waals surface area contributed by atoms with Gasteiger partial charge in [0.05, 0.1) is 0 Å². The molecule has 0 spiro atoms. The van der Waals surface area contributed by atoms with Crippen molar-refractivity contribution >= 4 is 0 Å². The predicted molar refractivity (Wildman–Crippen MR) is 32.7 cm³/mol. The fraction of sp³-hybridized carbons (Fsp3) is 1.00. The summed E-state index contributed by atoms with van der Waals surface area (Å²) >= 11 is 0. The van der Waals surface area contributed by atoms with Gasteiger partial charge in [0.15, 0.2) is 0 Å². The standard InChI is InChI=1S/C6H13NO/c8-4-2-1-3-6-5-7-6/h6-8H,1-5H2. The Hall–Kier alpha value is -0.0800. The summed E-state index contributed by atoms with van der Waals surface area (Å²) in [6.45, 7) is 1.55. The molecule has 0 aromatic rings. The molecule has 0 aromatic heterocycles. The average Bonchev–Trinajstić information content (AvgIpc) is 2.51. The first kappa shape index (κ1) is 6.05. The number of hydrogen-bond donors (Lipinski definition) is 2. The van der Waals surface area contributed by atoms with Crippen LogP contribution in [-0.2, 0) is 0 Å². The highest BCUT2D eigenvalue weighted by Crippen LogP contribution is 2.06. The zero-order valence-electron chi connectivity index (χ0n) is 5.06. The van der Waals surface area contributed by atoms with Crippen molar-refractivity contribution in [2.75, 3.05) is 13.2 Å². The monoisotopic (exact) mass is 115 g/mol. The van der Waals surface area contributed by atoms with E-state index in [2.05, 4.69) is 5.32 Å². The second-order valence-corrected chi connectivity index (χ2v) is 2.32. The fourth-order valence-corrected chi connectivity index (χ4v) is 0.790. The highest BCUT2D eigenvalue weighted by molar-refractivity contribution is 4.82. The first-order valence-corrected chi connectivity index (χ1v) is 3.27. The van der Waals surface area contributed by atoms with E-state index in [4.69, 9.17) is 5.11 Å². The molecule has 1 fully saturated rings. The van der Waals surface area contributed by atoms with Gasteiger partial charge in [0.2, 0.25) is 0 Å². The van der Waals surface area contributed by atoms with Crippen LogP contribution in [0.15, 0.2) is 0 Å². The molecule has 1 rings (SSSR count). The molecule has 0 aliphatic carbocycles. The summed E-state index contributed by atoms with van der Waals surface area (Å²) in [7, 11) is 0. The topological polar surface area (TPSA) is 42.2 Å². The summed E-state index contributed by atoms with van der Waals surface area (Å²) in [6.07, 6.45) is 3.40. The van der Waals surface area contributed by atoms with Gasteiger partial charge in [-0.05, 0) is 19.3 Å². The van der Waals surface area contributed by atoms with Gasteiger partial charge in [-0.1, -0.05) is 0 Å². The predicted octanol–water partition coefficient (Wildman–Crippen LogP) is 0.121. The molecule has 1 atom stereocenters. The van der Waals surface area contributed by atoms with Crippen LogP contribution in [0.1, 0.15) is 19.3 Å². The third kappa shape index (κ3) is 2.28. The maximum Gasteiger partial charge on any atom is 0.0431 e. The SMILES string of the molecule is OCCCCC1CN1. The number of rotatable bonds is 4. The van der Waals surface area contributed by atoms with Crippen LogP contribution in [0.2, 0.25) is 0 Å². The third-order valence-corrected chi connectivity index (χ3v) is 1.45. The lowest BCUT2D eigenvalue weighted by atomic mass is 10.2. The molecule has 48 valence electrons. The summed E-state index contributed by atoms with van der Waals surface area (Å²) < 4.78 is 0. The maximum absolute atomic E-state index is 8.38. The van der Waals surface area contributed by atoms with E-state index in [1.165, 1.54) is 19.4 Å². The van der Waals surface area contributed by atoms with Gasteiger partial charge in [-0.15, -0.1) is 0 Å². The zero-order chi connectivity index (χ0) is 5.82. The van der Waals surface area contributed by atoms with Crippen LogP contribution < -0.4 is 5.32 Å². The van der Waals surface area contributed by atoms with Crippen LogP contribution in [0.3, 0.4) is 0 Å². The van der Waals surface area contributed by atoms with Gasteiger partial charge in [0, 0.05) is 19.2 Å². The number of nitrogens with one attached hydrogen (secondary N) is 1. The van der Waals surface area contributed by atoms with Crippen molar-refractivity contribution in [2.45, 2.75) is 25.3 Å². The summed E-state index contributed by atoms with van der Waals surface area (Å²) in [5, 5.41) is 11.6. The Morgan fingerprint density at radius 2 is 2.25 bits per heavy atom. The molecule has 0 aromatic carbocycles. The molecule has 1 unspecified atom stereocenters. The molecule has 1 aliphatic rings. The second kappa shape index (κ2) is 3.05. The Balaban J connectivity index is 1.74. The summed E-state index contributed by atoms with van der Waals surface area (Å²) in [5.41, 5.74) is 0. The van der Waals surface area contributed by atoms with E-state index in [0.717, 1.165) is 12.5 Å². The third-order valence-electron chi connectivity index (χ3n) is 1.45. The molecule has 1 heterocycles. The van der Waals surface area contributed by atoms with Crippen molar-refractivity contribution in [1.82, 2.24) is 5.32 Å². The van der Waals surface area contributed by atoms with Gasteiger partial charge in [-0.2, -0.15) is 0 Å². The first-order chi connectivity index (χ1) is 3.93. The molecule has 2 N–H and O–H groups in total. The van der Waals surface area contributed by atoms with Gasteiger partial charge in [0.25, 0.3) is 0 Å². The van der Waals surface area contributed by atoms with E-state index >= 15 is 0 Å². The van der Waals surface area contributed by atoms with Crippen LogP contribution in [0.5, 0.6) is 0 Å². The quantitative estimate of drug-likeness (QED) is 0.403. The normalized spacial score (nSPS) is 25.9. The average molecular weight is 115 g/mol. The van der Waals surface area contributed by atoms with E-state index in [1.807, 2.05) is 0 Å². The molecule has 1 aliphatic heterocycles. The van der Waals surface area contributed by atoms with E-state index in [0.29, 0.717) is 6.61 Å². The van der Waals surface area contributed by atoms with Crippen LogP contribution >= 0.6 is 0 Å². The van der Waals surface area contributed by atoms with E-state index in [-0.39, 0.29) is 0 Å². The lowest BCUT2D eigenvalue weighted by molar-refractivity contribution is 0.283. The smallest absolute Gasteiger partial charge is 0.0431 e. The highest BCUT2D eigenvalue weighted by atomic mass is 16.2. The van der Waals surface area contributed by atoms with Crippen LogP contribution in [0.4, 0.5) is 0 Å². The molecule has 0 bridgehead atoms. The molecule has 2 heteroatoms. The van der Waals surface area contributed by atoms with E-state index in [1.54, 1.807) is 0 Å². The van der Waals surface area contributed by atoms with Crippen molar-refractivity contribution in [3.8, 4) is 0 Å². The largest absolute Gasteiger partial charge is 0.396 e. The number of hydrogen-bond acceptors (Lipinski definition) is 2. The van der Waals surface area contributed by atoms with Crippen molar-refractivity contribution < 1.29 is 5.11 Å². The van der Waals surface area contributed by atoms with Gasteiger partial charge in [-0.3, -0.25) is 0 Å². The molecule has 0 amide bonds. The Morgan fingerprint density at radius 3 is 2.75 bits per heavy atom. The Bertz CT molecular complexity index is 61.5. The Morgan fingerprint density at radius 1 is 1.50 bits per heavy atom. The minimum Gasteiger partial charge on any atom is -0.396 e. The Labute approximate surface area is 49.9 Å². The molecule has 0 radical (unpaired) electrons. The van der Waals surface area contributed by atoms with Crippen molar-refractivity contribution in [3.63, 3.8) is 0 Å². The first-order valence-electron chi connectivity index (χ1n) is 3.27. The number of aliphatic hydroxyl groups is 1. The van der Waals surface area contributed by atoms with Crippen LogP contribution in [-0.4, -0.2) is 24.3 Å². The molecule has 8 heavy (non-hydrogen) atoms. The molecule has 2 nitrogen and oxygen atoms in total. The van der Waals surface area contributed by atoms with Crippen LogP contribution in [0, 0.1) is 0 Å². The fourth-order valence-electron chi connectivity index (χ4n) is 0.790. The molecule has 0 saturated carbocycles. The minimum absolute atomic E-state index is 0.354. The molecular formula is C6H13NO. The molecular weight excluding hydrogens is 102 g/mol. The minimum atomic E-state index is 0.354. The lowest BCUT2D eigenvalue weighted by Gasteiger charge is -1.91. The zero-order valence-corrected chi connectivity index (χ0v) is 5.06. The van der Waals surface area contributed by atoms with Gasteiger partial charge >= 0.3 is 0 Å². The molecule has 1 saturated heterocycles. The number of aliphatic hydroxyl groups excluding tert-OH is 1. The summed E-state index contributed by atoms with van der Waals surface area (Å²) in [6, 6.07) is 0.793. The maximum atomic E-state index is 8.38. The second-order valence-electron chi connectivity index (χ2n) is 2.32. The van der Waals surface area contributed by atoms with Gasteiger partial charge in [0.1, 0.15) is 0 Å². The van der Waals surface area contributed by atoms with E-state index < -0.39 is 0 Å². The Kier molecular flexibility index (Phi) is 2.30. The summed E-state index contributed by atoms with van der Waals surface area (Å²) in [4.78, 5) is 0. The van der Waals surface area contributed by atoms with Crippen molar-refractivity contribution in [3.05, 3.63) is 0 Å². The van der Waals surface area contributed by atoms with Crippen molar-refractivity contribution in [2.24, 2.45) is 0 Å². The van der Waals surface area contributed by atoms with Gasteiger partial charge in [-0.25, -0.2) is 0 Å². The lowest BCUT2D eigenvalue weighted by Crippen LogP contribution is -1.91.